The molecule has 0 aliphatic rings. The lowest BCUT2D eigenvalue weighted by atomic mass is 10.2. The molecule has 4 nitrogen and oxygen atoms in total. The van der Waals surface area contributed by atoms with Crippen molar-refractivity contribution in [2.75, 3.05) is 19.7 Å². The van der Waals surface area contributed by atoms with Gasteiger partial charge in [0.1, 0.15) is 5.75 Å². The summed E-state index contributed by atoms with van der Waals surface area (Å²) >= 11 is 5.88. The van der Waals surface area contributed by atoms with Gasteiger partial charge < -0.3 is 15.8 Å². The van der Waals surface area contributed by atoms with E-state index >= 15 is 0 Å². The van der Waals surface area contributed by atoms with Crippen molar-refractivity contribution < 1.29 is 4.74 Å². The normalized spacial score (nSPS) is 10.8. The van der Waals surface area contributed by atoms with Crippen LogP contribution in [-0.4, -0.2) is 25.7 Å². The molecule has 0 radical (unpaired) electrons. The maximum Gasteiger partial charge on any atom is 0.188 e. The Morgan fingerprint density at radius 1 is 1.45 bits per heavy atom. The lowest BCUT2D eigenvalue weighted by molar-refractivity contribution is 0.309. The van der Waals surface area contributed by atoms with Crippen LogP contribution in [0.1, 0.15) is 25.3 Å². The number of benzene rings is 1. The average molecular weight is 412 g/mol. The van der Waals surface area contributed by atoms with Crippen LogP contribution < -0.4 is 15.8 Å². The largest absolute Gasteiger partial charge is 0.493 e. The van der Waals surface area contributed by atoms with Gasteiger partial charge in [0.25, 0.3) is 0 Å². The first-order valence-electron chi connectivity index (χ1n) is 6.56. The molecule has 114 valence electrons. The standard InChI is InChI=1S/C14H22ClN3O.HI/c1-3-7-17-14(16)18-8-4-9-19-13-6-5-12(15)10-11(13)2;/h5-6,10H,3-4,7-9H2,1-2H3,(H3,16,17,18);1H. The van der Waals surface area contributed by atoms with Crippen LogP contribution in [-0.2, 0) is 0 Å². The van der Waals surface area contributed by atoms with Crippen LogP contribution in [0.5, 0.6) is 5.75 Å². The molecule has 0 aliphatic heterocycles. The SMILES string of the molecule is CCCN=C(N)NCCCOc1ccc(Cl)cc1C.I. The Morgan fingerprint density at radius 2 is 2.20 bits per heavy atom. The molecule has 0 saturated heterocycles. The molecule has 6 heteroatoms. The van der Waals surface area contributed by atoms with Gasteiger partial charge in [-0.1, -0.05) is 18.5 Å². The second kappa shape index (κ2) is 11.0. The highest BCUT2D eigenvalue weighted by Crippen LogP contribution is 2.21. The lowest BCUT2D eigenvalue weighted by Crippen LogP contribution is -2.33. The summed E-state index contributed by atoms with van der Waals surface area (Å²) in [5.74, 6) is 1.38. The summed E-state index contributed by atoms with van der Waals surface area (Å²) in [7, 11) is 0. The molecule has 0 heterocycles. The number of nitrogens with two attached hydrogens (primary N) is 1. The lowest BCUT2D eigenvalue weighted by Gasteiger charge is -2.10. The predicted octanol–water partition coefficient (Wildman–Crippen LogP) is 3.35. The minimum absolute atomic E-state index is 0. The second-order valence-electron chi connectivity index (χ2n) is 4.31. The van der Waals surface area contributed by atoms with E-state index in [2.05, 4.69) is 17.2 Å². The van der Waals surface area contributed by atoms with E-state index in [0.29, 0.717) is 12.6 Å². The minimum Gasteiger partial charge on any atom is -0.493 e. The number of ether oxygens (including phenoxy) is 1. The van der Waals surface area contributed by atoms with E-state index in [1.54, 1.807) is 0 Å². The molecule has 0 atom stereocenters. The molecule has 3 N–H and O–H groups in total. The smallest absolute Gasteiger partial charge is 0.188 e. The highest BCUT2D eigenvalue weighted by Gasteiger charge is 2.00. The molecule has 1 aromatic carbocycles. The maximum atomic E-state index is 5.88. The van der Waals surface area contributed by atoms with Gasteiger partial charge >= 0.3 is 0 Å². The third-order valence-corrected chi connectivity index (χ3v) is 2.76. The molecular formula is C14H23ClIN3O. The Morgan fingerprint density at radius 3 is 2.85 bits per heavy atom. The van der Waals surface area contributed by atoms with Crippen molar-refractivity contribution in [2.24, 2.45) is 10.7 Å². The zero-order valence-electron chi connectivity index (χ0n) is 12.0. The van der Waals surface area contributed by atoms with Crippen LogP contribution in [0.4, 0.5) is 0 Å². The van der Waals surface area contributed by atoms with Crippen LogP contribution in [0, 0.1) is 6.92 Å². The van der Waals surface area contributed by atoms with Crippen molar-refractivity contribution in [2.45, 2.75) is 26.7 Å². The van der Waals surface area contributed by atoms with Gasteiger partial charge in [-0.2, -0.15) is 0 Å². The third-order valence-electron chi connectivity index (χ3n) is 2.53. The second-order valence-corrected chi connectivity index (χ2v) is 4.74. The molecular weight excluding hydrogens is 389 g/mol. The highest BCUT2D eigenvalue weighted by atomic mass is 127. The fourth-order valence-electron chi connectivity index (χ4n) is 1.53. The number of nitrogens with zero attached hydrogens (tertiary/aromatic N) is 1. The van der Waals surface area contributed by atoms with Crippen LogP contribution in [0.3, 0.4) is 0 Å². The summed E-state index contributed by atoms with van der Waals surface area (Å²) in [6.45, 7) is 6.20. The maximum absolute atomic E-state index is 5.88. The molecule has 0 amide bonds. The van der Waals surface area contributed by atoms with Crippen molar-refractivity contribution in [3.8, 4) is 5.75 Å². The quantitative estimate of drug-likeness (QED) is 0.313. The fourth-order valence-corrected chi connectivity index (χ4v) is 1.76. The first-order valence-corrected chi connectivity index (χ1v) is 6.94. The first-order chi connectivity index (χ1) is 9.13. The summed E-state index contributed by atoms with van der Waals surface area (Å²) < 4.78 is 5.68. The van der Waals surface area contributed by atoms with Gasteiger partial charge in [-0.25, -0.2) is 0 Å². The first kappa shape index (κ1) is 19.3. The highest BCUT2D eigenvalue weighted by molar-refractivity contribution is 14.0. The van der Waals surface area contributed by atoms with E-state index in [9.17, 15) is 0 Å². The van der Waals surface area contributed by atoms with E-state index < -0.39 is 0 Å². The zero-order chi connectivity index (χ0) is 14.1. The average Bonchev–Trinajstić information content (AvgIpc) is 2.38. The van der Waals surface area contributed by atoms with Gasteiger partial charge in [0.05, 0.1) is 6.61 Å². The summed E-state index contributed by atoms with van der Waals surface area (Å²) in [4.78, 5) is 4.15. The summed E-state index contributed by atoms with van der Waals surface area (Å²) in [5, 5.41) is 3.78. The van der Waals surface area contributed by atoms with E-state index in [-0.39, 0.29) is 24.0 Å². The van der Waals surface area contributed by atoms with Crippen molar-refractivity contribution in [1.29, 1.82) is 0 Å². The van der Waals surface area contributed by atoms with E-state index in [1.807, 2.05) is 25.1 Å². The Bertz CT molecular complexity index is 427. The number of halogens is 2. The summed E-state index contributed by atoms with van der Waals surface area (Å²) in [6, 6.07) is 5.62. The predicted molar refractivity (Wildman–Crippen MR) is 96.5 cm³/mol. The molecule has 0 saturated carbocycles. The van der Waals surface area contributed by atoms with Gasteiger partial charge in [0.2, 0.25) is 0 Å². The van der Waals surface area contributed by atoms with Gasteiger partial charge in [0, 0.05) is 18.1 Å². The van der Waals surface area contributed by atoms with E-state index in [0.717, 1.165) is 42.3 Å². The summed E-state index contributed by atoms with van der Waals surface area (Å²) in [5.41, 5.74) is 6.72. The molecule has 1 aromatic rings. The molecule has 0 bridgehead atoms. The molecule has 0 aromatic heterocycles. The van der Waals surface area contributed by atoms with Gasteiger partial charge in [-0.05, 0) is 43.5 Å². The fraction of sp³-hybridized carbons (Fsp3) is 0.500. The van der Waals surface area contributed by atoms with Crippen LogP contribution in [0.25, 0.3) is 0 Å². The van der Waals surface area contributed by atoms with E-state index in [4.69, 9.17) is 22.1 Å². The summed E-state index contributed by atoms with van der Waals surface area (Å²) in [6.07, 6.45) is 1.87. The molecule has 20 heavy (non-hydrogen) atoms. The van der Waals surface area contributed by atoms with Gasteiger partial charge in [-0.3, -0.25) is 4.99 Å². The van der Waals surface area contributed by atoms with Crippen LogP contribution in [0.15, 0.2) is 23.2 Å². The van der Waals surface area contributed by atoms with Gasteiger partial charge in [0.15, 0.2) is 5.96 Å². The number of guanidine groups is 1. The minimum atomic E-state index is 0. The van der Waals surface area contributed by atoms with Crippen molar-refractivity contribution in [3.05, 3.63) is 28.8 Å². The third kappa shape index (κ3) is 7.79. The zero-order valence-corrected chi connectivity index (χ0v) is 15.1. The van der Waals surface area contributed by atoms with Crippen LogP contribution >= 0.6 is 35.6 Å². The Balaban J connectivity index is 0.00000361. The number of nitrogens with one attached hydrogen (secondary N) is 1. The van der Waals surface area contributed by atoms with Gasteiger partial charge in [-0.15, -0.1) is 24.0 Å². The van der Waals surface area contributed by atoms with Crippen molar-refractivity contribution >= 4 is 41.5 Å². The number of aliphatic imine (C=N–C) groups is 1. The number of hydrogen-bond donors (Lipinski definition) is 2. The molecule has 0 fully saturated rings. The van der Waals surface area contributed by atoms with Crippen LogP contribution in [0.2, 0.25) is 5.02 Å². The Kier molecular flexibility index (Phi) is 10.6. The molecule has 0 spiro atoms. The topological polar surface area (TPSA) is 59.6 Å². The number of aryl methyl sites for hydroxylation is 1. The molecule has 0 aliphatic carbocycles. The molecule has 1 rings (SSSR count). The van der Waals surface area contributed by atoms with Crippen molar-refractivity contribution in [1.82, 2.24) is 5.32 Å². The van der Waals surface area contributed by atoms with Crippen molar-refractivity contribution in [3.63, 3.8) is 0 Å². The Hall–Kier alpha value is -0.690. The number of hydrogen-bond acceptors (Lipinski definition) is 2. The monoisotopic (exact) mass is 411 g/mol. The number of rotatable bonds is 7. The Labute approximate surface area is 143 Å². The van der Waals surface area contributed by atoms with E-state index in [1.165, 1.54) is 0 Å². The molecule has 0 unspecified atom stereocenters.